The normalized spacial score (nSPS) is 19.7. The smallest absolute Gasteiger partial charge is 0.178 e. The second-order valence-electron chi connectivity index (χ2n) is 6.44. The van der Waals surface area contributed by atoms with E-state index in [9.17, 15) is 8.42 Å². The van der Waals surface area contributed by atoms with Gasteiger partial charge in [0.25, 0.3) is 0 Å². The van der Waals surface area contributed by atoms with E-state index in [1.54, 1.807) is 0 Å². The SMILES string of the molecule is CCCn1ccnc1CN1CCCC[C@H]1c1[nH]ncc1S(C)(=O)=O. The molecule has 0 amide bonds. The molecule has 8 heteroatoms. The molecule has 24 heavy (non-hydrogen) atoms. The Kier molecular flexibility index (Phi) is 5.05. The van der Waals surface area contributed by atoms with Crippen molar-refractivity contribution in [2.24, 2.45) is 0 Å². The predicted molar refractivity (Wildman–Crippen MR) is 91.2 cm³/mol. The van der Waals surface area contributed by atoms with Gasteiger partial charge in [-0.25, -0.2) is 13.4 Å². The number of aromatic nitrogens is 4. The number of imidazole rings is 1. The van der Waals surface area contributed by atoms with Crippen LogP contribution < -0.4 is 0 Å². The maximum atomic E-state index is 12.0. The topological polar surface area (TPSA) is 83.9 Å². The summed E-state index contributed by atoms with van der Waals surface area (Å²) < 4.78 is 26.2. The first-order valence-electron chi connectivity index (χ1n) is 8.48. The molecule has 0 aliphatic carbocycles. The van der Waals surface area contributed by atoms with Crippen molar-refractivity contribution in [1.29, 1.82) is 0 Å². The molecule has 0 unspecified atom stereocenters. The van der Waals surface area contributed by atoms with E-state index >= 15 is 0 Å². The predicted octanol–water partition coefficient (Wildman–Crippen LogP) is 2.15. The first kappa shape index (κ1) is 17.2. The van der Waals surface area contributed by atoms with Crippen molar-refractivity contribution in [3.05, 3.63) is 30.1 Å². The van der Waals surface area contributed by atoms with Crippen LogP contribution in [-0.2, 0) is 22.9 Å². The number of nitrogens with zero attached hydrogens (tertiary/aromatic N) is 4. The minimum absolute atomic E-state index is 0.0396. The summed E-state index contributed by atoms with van der Waals surface area (Å²) in [5.74, 6) is 1.03. The van der Waals surface area contributed by atoms with Crippen LogP contribution >= 0.6 is 0 Å². The monoisotopic (exact) mass is 351 g/mol. The standard InChI is InChI=1S/C16H25N5O2S/c1-3-8-20-10-7-17-15(20)12-21-9-5-4-6-13(21)16-14(11-18-19-16)24(2,22)23/h7,10-11,13H,3-6,8-9,12H2,1-2H3,(H,18,19)/t13-/m0/s1. The summed E-state index contributed by atoms with van der Waals surface area (Å²) in [6.45, 7) is 4.76. The van der Waals surface area contributed by atoms with Gasteiger partial charge in [-0.05, 0) is 25.8 Å². The molecule has 0 spiro atoms. The number of rotatable bonds is 6. The van der Waals surface area contributed by atoms with Crippen LogP contribution in [-0.4, -0.2) is 45.9 Å². The quantitative estimate of drug-likeness (QED) is 0.862. The molecule has 132 valence electrons. The highest BCUT2D eigenvalue weighted by Crippen LogP contribution is 2.34. The Morgan fingerprint density at radius 2 is 2.21 bits per heavy atom. The highest BCUT2D eigenvalue weighted by Gasteiger charge is 2.30. The lowest BCUT2D eigenvalue weighted by Gasteiger charge is -2.35. The number of hydrogen-bond donors (Lipinski definition) is 1. The second-order valence-corrected chi connectivity index (χ2v) is 8.42. The molecule has 1 aliphatic rings. The number of nitrogens with one attached hydrogen (secondary N) is 1. The number of aryl methyl sites for hydroxylation is 1. The molecule has 2 aromatic heterocycles. The first-order chi connectivity index (χ1) is 11.5. The van der Waals surface area contributed by atoms with Gasteiger partial charge in [-0.2, -0.15) is 5.10 Å². The Bertz CT molecular complexity index is 780. The van der Waals surface area contributed by atoms with Gasteiger partial charge in [0, 0.05) is 25.2 Å². The molecule has 3 heterocycles. The van der Waals surface area contributed by atoms with Crippen molar-refractivity contribution < 1.29 is 8.42 Å². The van der Waals surface area contributed by atoms with Gasteiger partial charge >= 0.3 is 0 Å². The Balaban J connectivity index is 1.87. The second kappa shape index (κ2) is 7.06. The molecule has 3 rings (SSSR count). The molecular formula is C16H25N5O2S. The molecule has 1 atom stereocenters. The fourth-order valence-corrected chi connectivity index (χ4v) is 4.27. The summed E-state index contributed by atoms with van der Waals surface area (Å²) in [6, 6.07) is 0.0396. The minimum atomic E-state index is -3.28. The van der Waals surface area contributed by atoms with Gasteiger partial charge in [0.1, 0.15) is 10.7 Å². The fourth-order valence-electron chi connectivity index (χ4n) is 3.44. The number of aromatic amines is 1. The highest BCUT2D eigenvalue weighted by molar-refractivity contribution is 7.90. The third kappa shape index (κ3) is 3.54. The number of piperidine rings is 1. The van der Waals surface area contributed by atoms with Crippen LogP contribution in [0.15, 0.2) is 23.5 Å². The maximum absolute atomic E-state index is 12.0. The summed E-state index contributed by atoms with van der Waals surface area (Å²) in [4.78, 5) is 7.13. The molecule has 1 fully saturated rings. The van der Waals surface area contributed by atoms with Crippen LogP contribution in [0.2, 0.25) is 0 Å². The van der Waals surface area contributed by atoms with Crippen LogP contribution in [0.25, 0.3) is 0 Å². The zero-order valence-corrected chi connectivity index (χ0v) is 15.1. The van der Waals surface area contributed by atoms with Gasteiger partial charge in [-0.15, -0.1) is 0 Å². The van der Waals surface area contributed by atoms with Gasteiger partial charge in [-0.1, -0.05) is 13.3 Å². The van der Waals surface area contributed by atoms with Gasteiger partial charge in [-0.3, -0.25) is 10.00 Å². The lowest BCUT2D eigenvalue weighted by molar-refractivity contribution is 0.130. The summed E-state index contributed by atoms with van der Waals surface area (Å²) in [5.41, 5.74) is 0.714. The van der Waals surface area contributed by atoms with Crippen LogP contribution in [0.1, 0.15) is 50.2 Å². The van der Waals surface area contributed by atoms with E-state index in [0.717, 1.165) is 51.1 Å². The summed E-state index contributed by atoms with van der Waals surface area (Å²) >= 11 is 0. The molecule has 0 aromatic carbocycles. The number of likely N-dealkylation sites (tertiary alicyclic amines) is 1. The van der Waals surface area contributed by atoms with Crippen molar-refractivity contribution in [2.75, 3.05) is 12.8 Å². The average Bonchev–Trinajstić information content (AvgIpc) is 3.18. The Hall–Kier alpha value is -1.67. The molecule has 0 radical (unpaired) electrons. The summed E-state index contributed by atoms with van der Waals surface area (Å²) in [7, 11) is -3.28. The van der Waals surface area contributed by atoms with Crippen LogP contribution in [0, 0.1) is 0 Å². The molecular weight excluding hydrogens is 326 g/mol. The molecule has 7 nitrogen and oxygen atoms in total. The van der Waals surface area contributed by atoms with E-state index in [-0.39, 0.29) is 6.04 Å². The average molecular weight is 351 g/mol. The lowest BCUT2D eigenvalue weighted by Crippen LogP contribution is -2.34. The van der Waals surface area contributed by atoms with Crippen LogP contribution in [0.3, 0.4) is 0 Å². The van der Waals surface area contributed by atoms with E-state index < -0.39 is 9.84 Å². The van der Waals surface area contributed by atoms with Crippen molar-refractivity contribution in [2.45, 2.75) is 56.6 Å². The van der Waals surface area contributed by atoms with Gasteiger partial charge in [0.2, 0.25) is 0 Å². The number of H-pyrrole nitrogens is 1. The van der Waals surface area contributed by atoms with Crippen molar-refractivity contribution in [1.82, 2.24) is 24.6 Å². The Morgan fingerprint density at radius 3 is 2.96 bits per heavy atom. The molecule has 0 bridgehead atoms. The van der Waals surface area contributed by atoms with Crippen molar-refractivity contribution >= 4 is 9.84 Å². The van der Waals surface area contributed by atoms with Crippen molar-refractivity contribution in [3.8, 4) is 0 Å². The highest BCUT2D eigenvalue weighted by atomic mass is 32.2. The zero-order chi connectivity index (χ0) is 17.2. The van der Waals surface area contributed by atoms with E-state index in [2.05, 4.69) is 31.6 Å². The zero-order valence-electron chi connectivity index (χ0n) is 14.3. The summed E-state index contributed by atoms with van der Waals surface area (Å²) in [5, 5.41) is 6.92. The Labute approximate surface area is 143 Å². The van der Waals surface area contributed by atoms with E-state index in [0.29, 0.717) is 10.6 Å². The summed E-state index contributed by atoms with van der Waals surface area (Å²) in [6.07, 6.45) is 10.7. The third-order valence-electron chi connectivity index (χ3n) is 4.59. The maximum Gasteiger partial charge on any atom is 0.178 e. The molecule has 1 saturated heterocycles. The van der Waals surface area contributed by atoms with Crippen LogP contribution in [0.5, 0.6) is 0 Å². The van der Waals surface area contributed by atoms with E-state index in [1.165, 1.54) is 12.5 Å². The molecule has 0 saturated carbocycles. The van der Waals surface area contributed by atoms with Gasteiger partial charge < -0.3 is 4.57 Å². The van der Waals surface area contributed by atoms with Crippen molar-refractivity contribution in [3.63, 3.8) is 0 Å². The molecule has 2 aromatic rings. The van der Waals surface area contributed by atoms with E-state index in [1.807, 2.05) is 12.4 Å². The lowest BCUT2D eigenvalue weighted by atomic mass is 9.99. The minimum Gasteiger partial charge on any atom is -0.334 e. The molecule has 1 N–H and O–H groups in total. The number of hydrogen-bond acceptors (Lipinski definition) is 5. The van der Waals surface area contributed by atoms with Crippen LogP contribution in [0.4, 0.5) is 0 Å². The largest absolute Gasteiger partial charge is 0.334 e. The Morgan fingerprint density at radius 1 is 1.38 bits per heavy atom. The fraction of sp³-hybridized carbons (Fsp3) is 0.625. The van der Waals surface area contributed by atoms with Gasteiger partial charge in [0.05, 0.1) is 24.5 Å². The van der Waals surface area contributed by atoms with Gasteiger partial charge in [0.15, 0.2) is 9.84 Å². The van der Waals surface area contributed by atoms with E-state index in [4.69, 9.17) is 0 Å². The molecule has 1 aliphatic heterocycles. The first-order valence-corrected chi connectivity index (χ1v) is 10.4. The third-order valence-corrected chi connectivity index (χ3v) is 5.71. The number of sulfone groups is 1.